The first-order valence-electron chi connectivity index (χ1n) is 6.98. The number of benzene rings is 1. The molecule has 0 unspecified atom stereocenters. The summed E-state index contributed by atoms with van der Waals surface area (Å²) in [6.07, 6.45) is -2.76. The predicted octanol–water partition coefficient (Wildman–Crippen LogP) is 3.86. The Balaban J connectivity index is 2.21. The predicted molar refractivity (Wildman–Crippen MR) is 77.0 cm³/mol. The summed E-state index contributed by atoms with van der Waals surface area (Å²) in [7, 11) is 1.59. The molecule has 0 aliphatic carbocycles. The second kappa shape index (κ2) is 6.87. The Morgan fingerprint density at radius 3 is 2.82 bits per heavy atom. The number of carbonyl (C=O) groups excluding carboxylic acids is 1. The molecule has 1 aromatic rings. The summed E-state index contributed by atoms with van der Waals surface area (Å²) in [5, 5.41) is 0.0341. The van der Waals surface area contributed by atoms with Gasteiger partial charge in [-0.3, -0.25) is 4.79 Å². The SMILES string of the molecule is COC[C@@H]1CCCN(C(=O)c2cc(C(F)(F)F)ccc2Cl)C1. The average molecular weight is 336 g/mol. The molecule has 1 amide bonds. The van der Waals surface area contributed by atoms with Gasteiger partial charge in [-0.25, -0.2) is 0 Å². The zero-order chi connectivity index (χ0) is 16.3. The largest absolute Gasteiger partial charge is 0.416 e. The molecule has 2 rings (SSSR count). The topological polar surface area (TPSA) is 29.5 Å². The van der Waals surface area contributed by atoms with Crippen LogP contribution in [0.2, 0.25) is 5.02 Å². The van der Waals surface area contributed by atoms with E-state index in [4.69, 9.17) is 16.3 Å². The minimum atomic E-state index is -4.50. The molecule has 0 saturated carbocycles. The molecule has 3 nitrogen and oxygen atoms in total. The number of nitrogens with zero attached hydrogens (tertiary/aromatic N) is 1. The number of carbonyl (C=O) groups is 1. The van der Waals surface area contributed by atoms with Crippen LogP contribution in [-0.2, 0) is 10.9 Å². The minimum Gasteiger partial charge on any atom is -0.384 e. The van der Waals surface area contributed by atoms with Crippen molar-refractivity contribution in [3.63, 3.8) is 0 Å². The van der Waals surface area contributed by atoms with E-state index in [0.717, 1.165) is 31.0 Å². The molecular weight excluding hydrogens is 319 g/mol. The van der Waals surface area contributed by atoms with Crippen molar-refractivity contribution in [2.75, 3.05) is 26.8 Å². The Bertz CT molecular complexity index is 546. The number of likely N-dealkylation sites (tertiary alicyclic amines) is 1. The van der Waals surface area contributed by atoms with Gasteiger partial charge >= 0.3 is 6.18 Å². The Kier molecular flexibility index (Phi) is 5.34. The summed E-state index contributed by atoms with van der Waals surface area (Å²) >= 11 is 5.92. The van der Waals surface area contributed by atoms with Crippen molar-refractivity contribution in [1.29, 1.82) is 0 Å². The summed E-state index contributed by atoms with van der Waals surface area (Å²) in [6, 6.07) is 2.82. The van der Waals surface area contributed by atoms with E-state index in [-0.39, 0.29) is 16.5 Å². The molecule has 0 bridgehead atoms. The van der Waals surface area contributed by atoms with Crippen LogP contribution >= 0.6 is 11.6 Å². The third-order valence-electron chi connectivity index (χ3n) is 3.73. The smallest absolute Gasteiger partial charge is 0.384 e. The fourth-order valence-corrected chi connectivity index (χ4v) is 2.86. The Morgan fingerprint density at radius 2 is 2.18 bits per heavy atom. The number of halogens is 4. The van der Waals surface area contributed by atoms with Crippen LogP contribution in [0, 0.1) is 5.92 Å². The quantitative estimate of drug-likeness (QED) is 0.839. The summed E-state index contributed by atoms with van der Waals surface area (Å²) in [4.78, 5) is 14.0. The second-order valence-corrected chi connectivity index (χ2v) is 5.81. The zero-order valence-corrected chi connectivity index (χ0v) is 12.9. The summed E-state index contributed by atoms with van der Waals surface area (Å²) in [6.45, 7) is 1.52. The van der Waals surface area contributed by atoms with Crippen molar-refractivity contribution in [2.24, 2.45) is 5.92 Å². The van der Waals surface area contributed by atoms with Gasteiger partial charge in [0.2, 0.25) is 0 Å². The lowest BCUT2D eigenvalue weighted by molar-refractivity contribution is -0.137. The van der Waals surface area contributed by atoms with E-state index in [2.05, 4.69) is 0 Å². The van der Waals surface area contributed by atoms with Gasteiger partial charge in [-0.1, -0.05) is 11.6 Å². The molecule has 1 atom stereocenters. The normalized spacial score (nSPS) is 19.3. The maximum Gasteiger partial charge on any atom is 0.416 e. The standard InChI is InChI=1S/C15H17ClF3NO2/c1-22-9-10-3-2-6-20(8-10)14(21)12-7-11(15(17,18)19)4-5-13(12)16/h4-5,7,10H,2-3,6,8-9H2,1H3/t10-/m1/s1. The van der Waals surface area contributed by atoms with Crippen LogP contribution in [0.25, 0.3) is 0 Å². The van der Waals surface area contributed by atoms with Gasteiger partial charge < -0.3 is 9.64 Å². The Morgan fingerprint density at radius 1 is 1.45 bits per heavy atom. The van der Waals surface area contributed by atoms with E-state index < -0.39 is 17.6 Å². The van der Waals surface area contributed by atoms with Gasteiger partial charge in [-0.15, -0.1) is 0 Å². The maximum atomic E-state index is 12.8. The molecule has 122 valence electrons. The molecule has 0 N–H and O–H groups in total. The van der Waals surface area contributed by atoms with Crippen molar-refractivity contribution >= 4 is 17.5 Å². The van der Waals surface area contributed by atoms with Gasteiger partial charge in [0, 0.05) is 20.2 Å². The Labute approximate surface area is 132 Å². The van der Waals surface area contributed by atoms with Gasteiger partial charge in [-0.05, 0) is 37.0 Å². The molecule has 1 saturated heterocycles. The van der Waals surface area contributed by atoms with E-state index in [1.165, 1.54) is 0 Å². The molecule has 1 fully saturated rings. The molecule has 7 heteroatoms. The lowest BCUT2D eigenvalue weighted by atomic mass is 9.98. The van der Waals surface area contributed by atoms with E-state index >= 15 is 0 Å². The average Bonchev–Trinajstić information content (AvgIpc) is 2.46. The first kappa shape index (κ1) is 17.1. The molecule has 0 radical (unpaired) electrons. The summed E-state index contributed by atoms with van der Waals surface area (Å²) < 4.78 is 43.4. The molecule has 0 spiro atoms. The number of ether oxygens (including phenoxy) is 1. The van der Waals surface area contributed by atoms with Crippen molar-refractivity contribution in [3.05, 3.63) is 34.3 Å². The van der Waals surface area contributed by atoms with Gasteiger partial charge in [0.15, 0.2) is 0 Å². The van der Waals surface area contributed by atoms with E-state index in [9.17, 15) is 18.0 Å². The minimum absolute atomic E-state index is 0.0341. The van der Waals surface area contributed by atoms with E-state index in [0.29, 0.717) is 19.7 Å². The molecular formula is C15H17ClF3NO2. The molecule has 1 aliphatic rings. The number of amides is 1. The molecule has 1 aromatic carbocycles. The number of alkyl halides is 3. The van der Waals surface area contributed by atoms with Crippen LogP contribution in [0.15, 0.2) is 18.2 Å². The number of hydrogen-bond acceptors (Lipinski definition) is 2. The lowest BCUT2D eigenvalue weighted by Gasteiger charge is -2.32. The molecule has 0 aromatic heterocycles. The van der Waals surface area contributed by atoms with Crippen LogP contribution in [0.1, 0.15) is 28.8 Å². The second-order valence-electron chi connectivity index (χ2n) is 5.41. The third kappa shape index (κ3) is 3.93. The highest BCUT2D eigenvalue weighted by atomic mass is 35.5. The van der Waals surface area contributed by atoms with Crippen LogP contribution in [0.4, 0.5) is 13.2 Å². The first-order valence-corrected chi connectivity index (χ1v) is 7.35. The fourth-order valence-electron chi connectivity index (χ4n) is 2.66. The maximum absolute atomic E-state index is 12.8. The zero-order valence-electron chi connectivity index (χ0n) is 12.1. The summed E-state index contributed by atoms with van der Waals surface area (Å²) in [5.74, 6) is -0.260. The van der Waals surface area contributed by atoms with E-state index in [1.807, 2.05) is 0 Å². The molecule has 22 heavy (non-hydrogen) atoms. The van der Waals surface area contributed by atoms with E-state index in [1.54, 1.807) is 12.0 Å². The Hall–Kier alpha value is -1.27. The lowest BCUT2D eigenvalue weighted by Crippen LogP contribution is -2.41. The fraction of sp³-hybridized carbons (Fsp3) is 0.533. The van der Waals surface area contributed by atoms with Crippen molar-refractivity contribution in [1.82, 2.24) is 4.90 Å². The summed E-state index contributed by atoms with van der Waals surface area (Å²) in [5.41, 5.74) is -0.972. The van der Waals surface area contributed by atoms with Crippen LogP contribution in [-0.4, -0.2) is 37.6 Å². The van der Waals surface area contributed by atoms with Crippen LogP contribution in [0.3, 0.4) is 0 Å². The highest BCUT2D eigenvalue weighted by Gasteiger charge is 2.33. The number of hydrogen-bond donors (Lipinski definition) is 0. The number of piperidine rings is 1. The molecule has 1 heterocycles. The molecule has 1 aliphatic heterocycles. The van der Waals surface area contributed by atoms with Crippen molar-refractivity contribution in [3.8, 4) is 0 Å². The van der Waals surface area contributed by atoms with Gasteiger partial charge in [0.25, 0.3) is 5.91 Å². The number of rotatable bonds is 3. The highest BCUT2D eigenvalue weighted by molar-refractivity contribution is 6.33. The van der Waals surface area contributed by atoms with Crippen molar-refractivity contribution < 1.29 is 22.7 Å². The monoisotopic (exact) mass is 335 g/mol. The van der Waals surface area contributed by atoms with Crippen LogP contribution < -0.4 is 0 Å². The third-order valence-corrected chi connectivity index (χ3v) is 4.06. The van der Waals surface area contributed by atoms with Gasteiger partial charge in [-0.2, -0.15) is 13.2 Å². The van der Waals surface area contributed by atoms with Gasteiger partial charge in [0.05, 0.1) is 22.8 Å². The van der Waals surface area contributed by atoms with Crippen LogP contribution in [0.5, 0.6) is 0 Å². The first-order chi connectivity index (χ1) is 10.3. The highest BCUT2D eigenvalue weighted by Crippen LogP contribution is 2.32. The number of methoxy groups -OCH3 is 1. The van der Waals surface area contributed by atoms with Crippen molar-refractivity contribution in [2.45, 2.75) is 19.0 Å². The van der Waals surface area contributed by atoms with Gasteiger partial charge in [0.1, 0.15) is 0 Å².